The van der Waals surface area contributed by atoms with Crippen molar-refractivity contribution in [3.63, 3.8) is 0 Å². The van der Waals surface area contributed by atoms with Crippen molar-refractivity contribution >= 4 is 0 Å². The second kappa shape index (κ2) is 5.20. The molecule has 16 heavy (non-hydrogen) atoms. The first-order valence-corrected chi connectivity index (χ1v) is 6.14. The third-order valence-electron chi connectivity index (χ3n) is 3.50. The molecule has 86 valence electrons. The van der Waals surface area contributed by atoms with Crippen LogP contribution < -0.4 is 4.74 Å². The van der Waals surface area contributed by atoms with Crippen molar-refractivity contribution in [2.45, 2.75) is 38.5 Å². The van der Waals surface area contributed by atoms with Crippen molar-refractivity contribution < 1.29 is 4.74 Å². The van der Waals surface area contributed by atoms with E-state index in [4.69, 9.17) is 4.74 Å². The highest BCUT2D eigenvalue weighted by Crippen LogP contribution is 2.31. The highest BCUT2D eigenvalue weighted by Gasteiger charge is 2.13. The lowest BCUT2D eigenvalue weighted by Crippen LogP contribution is -2.01. The predicted molar refractivity (Wildman–Crippen MR) is 68.0 cm³/mol. The summed E-state index contributed by atoms with van der Waals surface area (Å²) >= 11 is 0. The number of hydrogen-bond acceptors (Lipinski definition) is 1. The van der Waals surface area contributed by atoms with E-state index in [-0.39, 0.29) is 0 Å². The van der Waals surface area contributed by atoms with Crippen LogP contribution in [0.2, 0.25) is 0 Å². The Morgan fingerprint density at radius 3 is 2.44 bits per heavy atom. The van der Waals surface area contributed by atoms with Crippen LogP contribution in [0, 0.1) is 0 Å². The van der Waals surface area contributed by atoms with Crippen molar-refractivity contribution in [1.29, 1.82) is 0 Å². The first-order chi connectivity index (χ1) is 7.81. The predicted octanol–water partition coefficient (Wildman–Crippen LogP) is 4.30. The van der Waals surface area contributed by atoms with Gasteiger partial charge in [-0.1, -0.05) is 30.7 Å². The van der Waals surface area contributed by atoms with Gasteiger partial charge in [0, 0.05) is 5.92 Å². The summed E-state index contributed by atoms with van der Waals surface area (Å²) < 4.78 is 5.18. The molecule has 1 aliphatic rings. The summed E-state index contributed by atoms with van der Waals surface area (Å²) in [5, 5.41) is 0. The molecule has 2 rings (SSSR count). The summed E-state index contributed by atoms with van der Waals surface area (Å²) in [5.41, 5.74) is 3.00. The Morgan fingerprint density at radius 2 is 1.88 bits per heavy atom. The number of allylic oxidation sites excluding steroid dienone is 2. The molecule has 0 aromatic heterocycles. The van der Waals surface area contributed by atoms with Crippen LogP contribution in [0.15, 0.2) is 35.9 Å². The second-order valence-electron chi connectivity index (χ2n) is 4.52. The van der Waals surface area contributed by atoms with Gasteiger partial charge < -0.3 is 4.74 Å². The number of hydrogen-bond donors (Lipinski definition) is 0. The molecule has 1 atom stereocenters. The molecule has 1 unspecified atom stereocenters. The van der Waals surface area contributed by atoms with E-state index in [1.54, 1.807) is 12.7 Å². The van der Waals surface area contributed by atoms with E-state index in [9.17, 15) is 0 Å². The molecule has 0 saturated carbocycles. The zero-order valence-corrected chi connectivity index (χ0v) is 10.2. The zero-order chi connectivity index (χ0) is 11.4. The minimum atomic E-state index is 0.561. The van der Waals surface area contributed by atoms with Gasteiger partial charge in [-0.15, -0.1) is 0 Å². The van der Waals surface area contributed by atoms with Gasteiger partial charge in [-0.3, -0.25) is 0 Å². The average molecular weight is 216 g/mol. The lowest BCUT2D eigenvalue weighted by molar-refractivity contribution is 0.414. The number of ether oxygens (including phenoxy) is 1. The van der Waals surface area contributed by atoms with E-state index in [1.807, 2.05) is 0 Å². The molecule has 1 nitrogen and oxygen atoms in total. The first kappa shape index (κ1) is 11.3. The molecule has 0 amide bonds. The molecule has 0 aliphatic heterocycles. The first-order valence-electron chi connectivity index (χ1n) is 6.14. The van der Waals surface area contributed by atoms with Crippen LogP contribution in [-0.4, -0.2) is 7.11 Å². The fourth-order valence-corrected chi connectivity index (χ4v) is 2.36. The molecule has 0 radical (unpaired) electrons. The van der Waals surface area contributed by atoms with Gasteiger partial charge in [0.2, 0.25) is 0 Å². The van der Waals surface area contributed by atoms with Crippen molar-refractivity contribution in [2.24, 2.45) is 0 Å². The molecule has 0 saturated heterocycles. The second-order valence-corrected chi connectivity index (χ2v) is 4.52. The van der Waals surface area contributed by atoms with Crippen LogP contribution in [0.3, 0.4) is 0 Å². The number of methoxy groups -OCH3 is 1. The van der Waals surface area contributed by atoms with E-state index in [1.165, 1.54) is 31.2 Å². The van der Waals surface area contributed by atoms with E-state index >= 15 is 0 Å². The average Bonchev–Trinajstić information content (AvgIpc) is 2.39. The van der Waals surface area contributed by atoms with Crippen molar-refractivity contribution in [1.82, 2.24) is 0 Å². The molecule has 0 bridgehead atoms. The fourth-order valence-electron chi connectivity index (χ4n) is 2.36. The topological polar surface area (TPSA) is 9.23 Å². The number of benzene rings is 1. The van der Waals surface area contributed by atoms with Crippen LogP contribution >= 0.6 is 0 Å². The molecule has 0 N–H and O–H groups in total. The summed E-state index contributed by atoms with van der Waals surface area (Å²) in [6.07, 6.45) is 7.67. The van der Waals surface area contributed by atoms with Crippen LogP contribution in [0.25, 0.3) is 0 Å². The normalized spacial score (nSPS) is 17.8. The van der Waals surface area contributed by atoms with Gasteiger partial charge in [0.25, 0.3) is 0 Å². The lowest BCUT2D eigenvalue weighted by atomic mass is 9.86. The molecule has 1 aromatic carbocycles. The van der Waals surface area contributed by atoms with Crippen LogP contribution in [0.5, 0.6) is 5.75 Å². The van der Waals surface area contributed by atoms with Crippen LogP contribution in [0.4, 0.5) is 0 Å². The highest BCUT2D eigenvalue weighted by molar-refractivity contribution is 5.33. The maximum atomic E-state index is 5.18. The Bertz CT molecular complexity index is 362. The molecule has 0 fully saturated rings. The van der Waals surface area contributed by atoms with Gasteiger partial charge in [0.05, 0.1) is 7.11 Å². The Labute approximate surface area is 98.1 Å². The Hall–Kier alpha value is -1.24. The van der Waals surface area contributed by atoms with Gasteiger partial charge in [-0.25, -0.2) is 0 Å². The summed E-state index contributed by atoms with van der Waals surface area (Å²) in [6, 6.07) is 8.46. The van der Waals surface area contributed by atoms with E-state index in [2.05, 4.69) is 37.3 Å². The van der Waals surface area contributed by atoms with Crippen LogP contribution in [0.1, 0.15) is 44.1 Å². The third kappa shape index (κ3) is 2.46. The minimum absolute atomic E-state index is 0.561. The largest absolute Gasteiger partial charge is 0.497 e. The van der Waals surface area contributed by atoms with Gasteiger partial charge in [-0.2, -0.15) is 0 Å². The lowest BCUT2D eigenvalue weighted by Gasteiger charge is -2.20. The monoisotopic (exact) mass is 216 g/mol. The Morgan fingerprint density at radius 1 is 1.12 bits per heavy atom. The Kier molecular flexibility index (Phi) is 3.66. The molecule has 1 aliphatic carbocycles. The maximum absolute atomic E-state index is 5.18. The molecular formula is C15H20O. The van der Waals surface area contributed by atoms with Gasteiger partial charge >= 0.3 is 0 Å². The Balaban J connectivity index is 2.13. The van der Waals surface area contributed by atoms with Gasteiger partial charge in [0.1, 0.15) is 5.75 Å². The third-order valence-corrected chi connectivity index (χ3v) is 3.50. The summed E-state index contributed by atoms with van der Waals surface area (Å²) in [7, 11) is 1.71. The fraction of sp³-hybridized carbons (Fsp3) is 0.467. The molecular weight excluding hydrogens is 196 g/mol. The molecule has 0 heterocycles. The summed E-state index contributed by atoms with van der Waals surface area (Å²) in [4.78, 5) is 0. The van der Waals surface area contributed by atoms with Gasteiger partial charge in [0.15, 0.2) is 0 Å². The quantitative estimate of drug-likeness (QED) is 0.684. The van der Waals surface area contributed by atoms with E-state index in [0.717, 1.165) is 5.75 Å². The molecule has 0 spiro atoms. The maximum Gasteiger partial charge on any atom is 0.118 e. The van der Waals surface area contributed by atoms with Gasteiger partial charge in [-0.05, 0) is 43.4 Å². The standard InChI is InChI=1S/C15H20O/c1-12(13-6-4-3-5-7-13)14-8-10-15(16-2)11-9-14/h6,8-12H,3-5,7H2,1-2H3. The smallest absolute Gasteiger partial charge is 0.118 e. The summed E-state index contributed by atoms with van der Waals surface area (Å²) in [5.74, 6) is 1.50. The van der Waals surface area contributed by atoms with Crippen molar-refractivity contribution in [2.75, 3.05) is 7.11 Å². The van der Waals surface area contributed by atoms with Crippen LogP contribution in [-0.2, 0) is 0 Å². The number of rotatable bonds is 3. The van der Waals surface area contributed by atoms with Crippen molar-refractivity contribution in [3.8, 4) is 5.75 Å². The zero-order valence-electron chi connectivity index (χ0n) is 10.2. The molecule has 1 heteroatoms. The van der Waals surface area contributed by atoms with Crippen molar-refractivity contribution in [3.05, 3.63) is 41.5 Å². The van der Waals surface area contributed by atoms with E-state index < -0.39 is 0 Å². The SMILES string of the molecule is COc1ccc(C(C)C2=CCCCC2)cc1. The highest BCUT2D eigenvalue weighted by atomic mass is 16.5. The minimum Gasteiger partial charge on any atom is -0.497 e. The van der Waals surface area contributed by atoms with E-state index in [0.29, 0.717) is 5.92 Å². The summed E-state index contributed by atoms with van der Waals surface area (Å²) in [6.45, 7) is 2.30. The molecule has 1 aromatic rings.